The van der Waals surface area contributed by atoms with E-state index >= 15 is 0 Å². The van der Waals surface area contributed by atoms with E-state index in [9.17, 15) is 9.59 Å². The summed E-state index contributed by atoms with van der Waals surface area (Å²) in [5.41, 5.74) is 0.0828. The molecule has 0 bridgehead atoms. The van der Waals surface area contributed by atoms with Gasteiger partial charge in [-0.3, -0.25) is 9.36 Å². The van der Waals surface area contributed by atoms with Crippen LogP contribution in [0.2, 0.25) is 0 Å². The summed E-state index contributed by atoms with van der Waals surface area (Å²) >= 11 is 0. The van der Waals surface area contributed by atoms with Gasteiger partial charge in [-0.1, -0.05) is 13.8 Å². The van der Waals surface area contributed by atoms with E-state index in [1.807, 2.05) is 14.1 Å². The van der Waals surface area contributed by atoms with Crippen LogP contribution in [-0.2, 0) is 20.6 Å². The largest absolute Gasteiger partial charge is 0.330 e. The van der Waals surface area contributed by atoms with Crippen LogP contribution in [0.5, 0.6) is 0 Å². The van der Waals surface area contributed by atoms with E-state index < -0.39 is 0 Å². The summed E-state index contributed by atoms with van der Waals surface area (Å²) in [6.45, 7) is 5.68. The minimum absolute atomic E-state index is 0.229. The number of aryl methyl sites for hydroxylation is 1. The molecule has 1 unspecified atom stereocenters. The molecule has 1 N–H and O–H groups in total. The fraction of sp³-hybridized carbons (Fsp3) is 0.714. The average Bonchev–Trinajstić information content (AvgIpc) is 2.36. The van der Waals surface area contributed by atoms with Gasteiger partial charge in [0.05, 0.1) is 0 Å². The Kier molecular flexibility index (Phi) is 5.71. The highest BCUT2D eigenvalue weighted by Crippen LogP contribution is 2.03. The maximum atomic E-state index is 12.0. The molecule has 0 saturated heterocycles. The van der Waals surface area contributed by atoms with Gasteiger partial charge in [-0.25, -0.2) is 4.79 Å². The summed E-state index contributed by atoms with van der Waals surface area (Å²) in [5, 5.41) is 3.41. The summed E-state index contributed by atoms with van der Waals surface area (Å²) in [6, 6.07) is 0.298. The molecule has 114 valence electrons. The first kappa shape index (κ1) is 16.7. The second-order valence-corrected chi connectivity index (χ2v) is 5.91. The Morgan fingerprint density at radius 3 is 2.35 bits per heavy atom. The number of nitrogens with one attached hydrogen (secondary N) is 1. The second kappa shape index (κ2) is 6.85. The zero-order valence-corrected chi connectivity index (χ0v) is 13.3. The molecule has 0 amide bonds. The lowest BCUT2D eigenvalue weighted by atomic mass is 10.0. The van der Waals surface area contributed by atoms with Crippen molar-refractivity contribution in [2.24, 2.45) is 20.0 Å². The third-order valence-electron chi connectivity index (χ3n) is 3.44. The molecule has 0 fully saturated rings. The molecular formula is C14H26N4O2. The highest BCUT2D eigenvalue weighted by Gasteiger charge is 2.15. The lowest BCUT2D eigenvalue weighted by Gasteiger charge is -2.25. The maximum absolute atomic E-state index is 12.0. The smallest absolute Gasteiger partial charge is 0.308 e. The molecule has 1 rings (SSSR count). The molecule has 0 aliphatic heterocycles. The third-order valence-corrected chi connectivity index (χ3v) is 3.44. The van der Waals surface area contributed by atoms with Crippen LogP contribution >= 0.6 is 0 Å². The van der Waals surface area contributed by atoms with E-state index in [0.29, 0.717) is 24.1 Å². The van der Waals surface area contributed by atoms with Crippen molar-refractivity contribution in [1.82, 2.24) is 19.4 Å². The Morgan fingerprint density at radius 2 is 1.85 bits per heavy atom. The topological polar surface area (TPSA) is 59.3 Å². The maximum Gasteiger partial charge on any atom is 0.330 e. The predicted molar refractivity (Wildman–Crippen MR) is 80.9 cm³/mol. The fourth-order valence-electron chi connectivity index (χ4n) is 2.15. The molecule has 0 radical (unpaired) electrons. The van der Waals surface area contributed by atoms with Gasteiger partial charge in [0.15, 0.2) is 0 Å². The Hall–Kier alpha value is -1.40. The minimum Gasteiger partial charge on any atom is -0.308 e. The Labute approximate surface area is 120 Å². The summed E-state index contributed by atoms with van der Waals surface area (Å²) in [4.78, 5) is 25.8. The van der Waals surface area contributed by atoms with Gasteiger partial charge in [-0.15, -0.1) is 0 Å². The summed E-state index contributed by atoms with van der Waals surface area (Å²) in [7, 11) is 7.23. The summed E-state index contributed by atoms with van der Waals surface area (Å²) in [5.74, 6) is 0.466. The van der Waals surface area contributed by atoms with Gasteiger partial charge in [0.25, 0.3) is 5.56 Å². The lowest BCUT2D eigenvalue weighted by molar-refractivity contribution is 0.287. The molecule has 0 spiro atoms. The number of hydrogen-bond donors (Lipinski definition) is 1. The normalized spacial score (nSPS) is 13.2. The molecule has 0 aliphatic rings. The van der Waals surface area contributed by atoms with Gasteiger partial charge >= 0.3 is 5.69 Å². The van der Waals surface area contributed by atoms with Crippen molar-refractivity contribution in [1.29, 1.82) is 0 Å². The van der Waals surface area contributed by atoms with Crippen molar-refractivity contribution >= 4 is 0 Å². The molecule has 6 nitrogen and oxygen atoms in total. The number of aromatic nitrogens is 2. The SMILES string of the molecule is CC(C)C(CN(C)C)NCc1cn(C)c(=O)n(C)c1=O. The minimum atomic E-state index is -0.299. The number of likely N-dealkylation sites (N-methyl/N-ethyl adjacent to an activating group) is 1. The predicted octanol–water partition coefficient (Wildman–Crippen LogP) is -0.240. The Bertz CT molecular complexity index is 557. The van der Waals surface area contributed by atoms with Gasteiger partial charge in [-0.05, 0) is 20.0 Å². The van der Waals surface area contributed by atoms with Crippen LogP contribution < -0.4 is 16.6 Å². The quantitative estimate of drug-likeness (QED) is 0.782. The third kappa shape index (κ3) is 4.05. The molecule has 1 heterocycles. The summed E-state index contributed by atoms with van der Waals surface area (Å²) in [6.07, 6.45) is 1.62. The van der Waals surface area contributed by atoms with E-state index in [-0.39, 0.29) is 11.2 Å². The first-order valence-corrected chi connectivity index (χ1v) is 6.87. The second-order valence-electron chi connectivity index (χ2n) is 5.91. The van der Waals surface area contributed by atoms with Gasteiger partial charge < -0.3 is 14.8 Å². The van der Waals surface area contributed by atoms with Crippen molar-refractivity contribution in [3.8, 4) is 0 Å². The Morgan fingerprint density at radius 1 is 1.25 bits per heavy atom. The van der Waals surface area contributed by atoms with Crippen LogP contribution in [0.4, 0.5) is 0 Å². The van der Waals surface area contributed by atoms with E-state index in [4.69, 9.17) is 0 Å². The number of nitrogens with zero attached hydrogens (tertiary/aromatic N) is 3. The zero-order chi connectivity index (χ0) is 15.4. The molecule has 0 saturated carbocycles. The van der Waals surface area contributed by atoms with Crippen molar-refractivity contribution < 1.29 is 0 Å². The van der Waals surface area contributed by atoms with Crippen LogP contribution in [0.3, 0.4) is 0 Å². The van der Waals surface area contributed by atoms with Crippen LogP contribution in [0.15, 0.2) is 15.8 Å². The number of hydrogen-bond acceptors (Lipinski definition) is 4. The van der Waals surface area contributed by atoms with Crippen LogP contribution in [0, 0.1) is 5.92 Å². The standard InChI is InChI=1S/C14H26N4O2/c1-10(2)12(9-16(3)4)15-7-11-8-17(5)14(20)18(6)13(11)19/h8,10,12,15H,7,9H2,1-6H3. The lowest BCUT2D eigenvalue weighted by Crippen LogP contribution is -2.44. The average molecular weight is 282 g/mol. The monoisotopic (exact) mass is 282 g/mol. The molecule has 0 aromatic carbocycles. The van der Waals surface area contributed by atoms with Crippen LogP contribution in [0.1, 0.15) is 19.4 Å². The molecule has 6 heteroatoms. The van der Waals surface area contributed by atoms with Gasteiger partial charge in [0.2, 0.25) is 0 Å². The summed E-state index contributed by atoms with van der Waals surface area (Å²) < 4.78 is 2.59. The van der Waals surface area contributed by atoms with E-state index in [1.165, 1.54) is 11.6 Å². The van der Waals surface area contributed by atoms with E-state index in [1.54, 1.807) is 13.2 Å². The van der Waals surface area contributed by atoms with Gasteiger partial charge in [0.1, 0.15) is 0 Å². The first-order chi connectivity index (χ1) is 9.23. The highest BCUT2D eigenvalue weighted by molar-refractivity contribution is 5.05. The van der Waals surface area contributed by atoms with Crippen molar-refractivity contribution in [3.63, 3.8) is 0 Å². The molecule has 20 heavy (non-hydrogen) atoms. The highest BCUT2D eigenvalue weighted by atomic mass is 16.2. The fourth-order valence-corrected chi connectivity index (χ4v) is 2.15. The first-order valence-electron chi connectivity index (χ1n) is 6.87. The van der Waals surface area contributed by atoms with Crippen LogP contribution in [0.25, 0.3) is 0 Å². The molecule has 1 aromatic rings. The van der Waals surface area contributed by atoms with Crippen molar-refractivity contribution in [2.45, 2.75) is 26.4 Å². The van der Waals surface area contributed by atoms with Gasteiger partial charge in [-0.2, -0.15) is 0 Å². The van der Waals surface area contributed by atoms with Crippen molar-refractivity contribution in [3.05, 3.63) is 32.6 Å². The van der Waals surface area contributed by atoms with E-state index in [2.05, 4.69) is 24.1 Å². The van der Waals surface area contributed by atoms with Crippen molar-refractivity contribution in [2.75, 3.05) is 20.6 Å². The van der Waals surface area contributed by atoms with E-state index in [0.717, 1.165) is 11.1 Å². The van der Waals surface area contributed by atoms with Crippen LogP contribution in [-0.4, -0.2) is 40.7 Å². The Balaban J connectivity index is 2.89. The molecule has 1 aromatic heterocycles. The molecule has 1 atom stereocenters. The number of rotatable bonds is 6. The van der Waals surface area contributed by atoms with Gasteiger partial charge in [0, 0.05) is 45.0 Å². The molecule has 0 aliphatic carbocycles. The zero-order valence-electron chi connectivity index (χ0n) is 13.3. The molecular weight excluding hydrogens is 256 g/mol.